The van der Waals surface area contributed by atoms with Crippen LogP contribution in [0.25, 0.3) is 6.08 Å². The fraction of sp³-hybridized carbons (Fsp3) is 0.148. The molecule has 8 nitrogen and oxygen atoms in total. The summed E-state index contributed by atoms with van der Waals surface area (Å²) >= 11 is 0. The molecule has 1 aliphatic heterocycles. The molecule has 36 heavy (non-hydrogen) atoms. The molecule has 0 unspecified atom stereocenters. The highest BCUT2D eigenvalue weighted by molar-refractivity contribution is 6.23. The standard InChI is InChI=1S/C27H23FN2O6/c1-17-25(27(33)34-2)21(26(32)30(17)23-8-4-3-7-22(23)28)14-18-9-11-19(12-10-18)36-16-24(31)29-15-20-6-5-13-35-20/h3-14H,15-16H2,1-2H3,(H,29,31)/b21-14-. The van der Waals surface area contributed by atoms with E-state index in [9.17, 15) is 18.8 Å². The number of hydrogen-bond acceptors (Lipinski definition) is 6. The van der Waals surface area contributed by atoms with Crippen molar-refractivity contribution in [2.24, 2.45) is 0 Å². The molecule has 3 aromatic rings. The number of nitrogens with zero attached hydrogens (tertiary/aromatic N) is 1. The van der Waals surface area contributed by atoms with Gasteiger partial charge in [0.2, 0.25) is 0 Å². The van der Waals surface area contributed by atoms with Gasteiger partial charge in [-0.05, 0) is 55.0 Å². The van der Waals surface area contributed by atoms with E-state index in [0.29, 0.717) is 17.1 Å². The van der Waals surface area contributed by atoms with Crippen LogP contribution in [0.4, 0.5) is 10.1 Å². The van der Waals surface area contributed by atoms with Gasteiger partial charge in [-0.1, -0.05) is 24.3 Å². The zero-order valence-corrected chi connectivity index (χ0v) is 19.6. The molecule has 0 saturated heterocycles. The van der Waals surface area contributed by atoms with Crippen molar-refractivity contribution in [2.75, 3.05) is 18.6 Å². The summed E-state index contributed by atoms with van der Waals surface area (Å²) in [6.45, 7) is 1.63. The van der Waals surface area contributed by atoms with Crippen LogP contribution in [-0.2, 0) is 25.7 Å². The van der Waals surface area contributed by atoms with Gasteiger partial charge in [0.1, 0.15) is 17.3 Å². The van der Waals surface area contributed by atoms with Crippen molar-refractivity contribution in [3.8, 4) is 5.75 Å². The lowest BCUT2D eigenvalue weighted by Crippen LogP contribution is -2.28. The number of allylic oxidation sites excluding steroid dienone is 1. The number of carbonyl (C=O) groups is 3. The molecule has 184 valence electrons. The lowest BCUT2D eigenvalue weighted by molar-refractivity contribution is -0.136. The Hall–Kier alpha value is -4.66. The number of benzene rings is 2. The van der Waals surface area contributed by atoms with Gasteiger partial charge in [-0.3, -0.25) is 14.5 Å². The fourth-order valence-corrected chi connectivity index (χ4v) is 3.73. The third-order valence-corrected chi connectivity index (χ3v) is 5.48. The van der Waals surface area contributed by atoms with E-state index in [1.54, 1.807) is 49.4 Å². The Balaban J connectivity index is 1.49. The van der Waals surface area contributed by atoms with E-state index in [-0.39, 0.29) is 41.6 Å². The molecule has 2 heterocycles. The number of methoxy groups -OCH3 is 1. The molecule has 1 aliphatic rings. The predicted molar refractivity (Wildman–Crippen MR) is 129 cm³/mol. The number of amides is 2. The number of furan rings is 1. The van der Waals surface area contributed by atoms with Crippen LogP contribution in [0.2, 0.25) is 0 Å². The van der Waals surface area contributed by atoms with Gasteiger partial charge in [-0.25, -0.2) is 9.18 Å². The first-order valence-corrected chi connectivity index (χ1v) is 11.0. The maximum Gasteiger partial charge on any atom is 0.340 e. The summed E-state index contributed by atoms with van der Waals surface area (Å²) in [6, 6.07) is 15.9. The van der Waals surface area contributed by atoms with Crippen molar-refractivity contribution in [3.63, 3.8) is 0 Å². The van der Waals surface area contributed by atoms with Crippen molar-refractivity contribution >= 4 is 29.5 Å². The maximum atomic E-state index is 14.4. The molecular weight excluding hydrogens is 467 g/mol. The number of ether oxygens (including phenoxy) is 2. The van der Waals surface area contributed by atoms with E-state index < -0.39 is 17.7 Å². The van der Waals surface area contributed by atoms with E-state index in [2.05, 4.69) is 5.32 Å². The first-order chi connectivity index (χ1) is 17.4. The molecule has 0 spiro atoms. The number of nitrogens with one attached hydrogen (secondary N) is 1. The van der Waals surface area contributed by atoms with Gasteiger partial charge >= 0.3 is 5.97 Å². The second kappa shape index (κ2) is 10.7. The first-order valence-electron chi connectivity index (χ1n) is 11.0. The van der Waals surface area contributed by atoms with Gasteiger partial charge < -0.3 is 19.2 Å². The number of anilines is 1. The number of hydrogen-bond donors (Lipinski definition) is 1. The molecule has 0 atom stereocenters. The second-order valence-electron chi connectivity index (χ2n) is 7.82. The summed E-state index contributed by atoms with van der Waals surface area (Å²) in [5.41, 5.74) is 1.04. The summed E-state index contributed by atoms with van der Waals surface area (Å²) in [7, 11) is 1.22. The number of halogens is 1. The second-order valence-corrected chi connectivity index (χ2v) is 7.82. The summed E-state index contributed by atoms with van der Waals surface area (Å²) in [4.78, 5) is 38.9. The number of esters is 1. The Morgan fingerprint density at radius 2 is 1.83 bits per heavy atom. The maximum absolute atomic E-state index is 14.4. The Kier molecular flexibility index (Phi) is 7.29. The zero-order chi connectivity index (χ0) is 25.7. The molecule has 2 aromatic carbocycles. The van der Waals surface area contributed by atoms with E-state index in [0.717, 1.165) is 4.90 Å². The Morgan fingerprint density at radius 1 is 1.08 bits per heavy atom. The highest BCUT2D eigenvalue weighted by Crippen LogP contribution is 2.36. The van der Waals surface area contributed by atoms with Crippen LogP contribution in [0, 0.1) is 5.82 Å². The minimum absolute atomic E-state index is 0.0406. The number of carbonyl (C=O) groups excluding carboxylic acids is 3. The molecule has 0 aliphatic carbocycles. The lowest BCUT2D eigenvalue weighted by atomic mass is 10.0. The van der Waals surface area contributed by atoms with Crippen LogP contribution in [0.3, 0.4) is 0 Å². The van der Waals surface area contributed by atoms with Gasteiger partial charge in [-0.15, -0.1) is 0 Å². The molecule has 0 saturated carbocycles. The summed E-state index contributed by atoms with van der Waals surface area (Å²) in [6.07, 6.45) is 3.05. The highest BCUT2D eigenvalue weighted by Gasteiger charge is 2.38. The monoisotopic (exact) mass is 490 g/mol. The van der Waals surface area contributed by atoms with Crippen molar-refractivity contribution in [2.45, 2.75) is 13.5 Å². The number of rotatable bonds is 8. The molecule has 1 N–H and O–H groups in total. The lowest BCUT2D eigenvalue weighted by Gasteiger charge is -2.18. The fourth-order valence-electron chi connectivity index (χ4n) is 3.73. The normalized spacial score (nSPS) is 14.4. The molecule has 0 radical (unpaired) electrons. The third-order valence-electron chi connectivity index (χ3n) is 5.48. The van der Waals surface area contributed by atoms with E-state index in [1.165, 1.54) is 37.6 Å². The molecule has 0 bridgehead atoms. The van der Waals surface area contributed by atoms with Crippen molar-refractivity contribution in [1.82, 2.24) is 5.32 Å². The summed E-state index contributed by atoms with van der Waals surface area (Å²) in [5.74, 6) is -1.09. The van der Waals surface area contributed by atoms with Crippen LogP contribution >= 0.6 is 0 Å². The SMILES string of the molecule is COC(=O)C1=C(C)N(c2ccccc2F)C(=O)/C1=C\c1ccc(OCC(=O)NCc2ccco2)cc1. The van der Waals surface area contributed by atoms with E-state index in [4.69, 9.17) is 13.9 Å². The van der Waals surface area contributed by atoms with Gasteiger partial charge in [0.25, 0.3) is 11.8 Å². The molecule has 9 heteroatoms. The number of para-hydroxylation sites is 1. The van der Waals surface area contributed by atoms with E-state index in [1.807, 2.05) is 0 Å². The first kappa shape index (κ1) is 24.5. The Labute approximate surface area is 206 Å². The average molecular weight is 490 g/mol. The third kappa shape index (κ3) is 5.20. The zero-order valence-electron chi connectivity index (χ0n) is 19.6. The van der Waals surface area contributed by atoms with Gasteiger partial charge in [0, 0.05) is 5.70 Å². The highest BCUT2D eigenvalue weighted by atomic mass is 19.1. The summed E-state index contributed by atoms with van der Waals surface area (Å²) in [5, 5.41) is 2.68. The van der Waals surface area contributed by atoms with Crippen LogP contribution < -0.4 is 15.0 Å². The largest absolute Gasteiger partial charge is 0.484 e. The van der Waals surface area contributed by atoms with Crippen LogP contribution in [0.5, 0.6) is 5.75 Å². The van der Waals surface area contributed by atoms with Crippen molar-refractivity contribution in [1.29, 1.82) is 0 Å². The molecule has 2 amide bonds. The van der Waals surface area contributed by atoms with Crippen LogP contribution in [0.15, 0.2) is 88.2 Å². The molecular formula is C27H23FN2O6. The molecule has 0 fully saturated rings. The predicted octanol–water partition coefficient (Wildman–Crippen LogP) is 3.99. The van der Waals surface area contributed by atoms with Gasteiger partial charge in [0.05, 0.1) is 36.8 Å². The van der Waals surface area contributed by atoms with Gasteiger partial charge in [-0.2, -0.15) is 0 Å². The van der Waals surface area contributed by atoms with Crippen molar-refractivity contribution < 1.29 is 32.7 Å². The Bertz CT molecular complexity index is 1340. The minimum Gasteiger partial charge on any atom is -0.484 e. The Morgan fingerprint density at radius 3 is 2.50 bits per heavy atom. The minimum atomic E-state index is -0.702. The smallest absolute Gasteiger partial charge is 0.340 e. The van der Waals surface area contributed by atoms with Crippen LogP contribution in [0.1, 0.15) is 18.2 Å². The van der Waals surface area contributed by atoms with E-state index >= 15 is 0 Å². The molecule has 1 aromatic heterocycles. The summed E-state index contributed by atoms with van der Waals surface area (Å²) < 4.78 is 30.0. The van der Waals surface area contributed by atoms with Crippen molar-refractivity contribution in [3.05, 3.63) is 101 Å². The molecule has 4 rings (SSSR count). The average Bonchev–Trinajstić information content (AvgIpc) is 3.49. The topological polar surface area (TPSA) is 98.1 Å². The quantitative estimate of drug-likeness (QED) is 0.379. The van der Waals surface area contributed by atoms with Gasteiger partial charge in [0.15, 0.2) is 6.61 Å². The van der Waals surface area contributed by atoms with Crippen LogP contribution in [-0.4, -0.2) is 31.5 Å².